The number of benzene rings is 2. The summed E-state index contributed by atoms with van der Waals surface area (Å²) in [4.78, 5) is 12.8. The number of aliphatic hydroxyl groups is 1. The second-order valence-electron chi connectivity index (χ2n) is 10.0. The van der Waals surface area contributed by atoms with Gasteiger partial charge in [-0.05, 0) is 49.6 Å². The number of aliphatic hydroxyl groups excluding tert-OH is 1. The molecule has 3 N–H and O–H groups in total. The molecule has 0 spiro atoms. The molecular formula is C27H34N2O7S. The van der Waals surface area contributed by atoms with Crippen LogP contribution < -0.4 is 19.5 Å². The molecular weight excluding hydrogens is 496 g/mol. The van der Waals surface area contributed by atoms with Gasteiger partial charge in [-0.1, -0.05) is 25.3 Å². The molecule has 9 nitrogen and oxygen atoms in total. The lowest BCUT2D eigenvalue weighted by molar-refractivity contribution is -0.142. The van der Waals surface area contributed by atoms with Crippen molar-refractivity contribution in [3.05, 3.63) is 48.0 Å². The minimum atomic E-state index is -3.84. The Morgan fingerprint density at radius 1 is 1.14 bits per heavy atom. The minimum absolute atomic E-state index is 0.0361. The standard InChI is InChI=1S/C27H34N2O7S/c1-34-19-8-5-9-21(13-19)37(32,33)29-18-10-11-24-22(12-18)23-14-20(35-25(16-30)27(23)36-24)15-26(31)28-17-6-3-2-4-7-17/h5,8-13,17,20,23,25,27,29-30H,2-4,6-7,14-16H2,1H3,(H,28,31)/t20-,23+,25+,27-/m0/s1. The number of nitrogens with one attached hydrogen (secondary N) is 2. The van der Waals surface area contributed by atoms with E-state index in [1.807, 2.05) is 0 Å². The third-order valence-corrected chi connectivity index (χ3v) is 8.87. The molecule has 0 aromatic heterocycles. The molecule has 1 amide bonds. The first-order valence-electron chi connectivity index (χ1n) is 12.9. The molecule has 3 aliphatic rings. The first kappa shape index (κ1) is 25.8. The highest BCUT2D eigenvalue weighted by Gasteiger charge is 2.46. The monoisotopic (exact) mass is 530 g/mol. The van der Waals surface area contributed by atoms with Gasteiger partial charge in [-0.3, -0.25) is 9.52 Å². The SMILES string of the molecule is COc1cccc(S(=O)(=O)Nc2ccc3c(c2)[C@H]2C[C@@H](CC(=O)NC4CCCCC4)O[C@H](CO)[C@H]2O3)c1. The van der Waals surface area contributed by atoms with Crippen LogP contribution in [0.2, 0.25) is 0 Å². The van der Waals surface area contributed by atoms with Gasteiger partial charge in [0.2, 0.25) is 5.91 Å². The molecule has 2 fully saturated rings. The van der Waals surface area contributed by atoms with Crippen molar-refractivity contribution in [1.82, 2.24) is 5.32 Å². The summed E-state index contributed by atoms with van der Waals surface area (Å²) in [5.41, 5.74) is 1.25. The number of hydrogen-bond acceptors (Lipinski definition) is 7. The van der Waals surface area contributed by atoms with Crippen molar-refractivity contribution >= 4 is 21.6 Å². The highest BCUT2D eigenvalue weighted by Crippen LogP contribution is 2.47. The van der Waals surface area contributed by atoms with Gasteiger partial charge >= 0.3 is 0 Å². The Morgan fingerprint density at radius 2 is 1.95 bits per heavy atom. The number of carbonyl (C=O) groups excluding carboxylic acids is 1. The normalized spacial score (nSPS) is 25.5. The van der Waals surface area contributed by atoms with Gasteiger partial charge in [0, 0.05) is 29.3 Å². The average molecular weight is 531 g/mol. The molecule has 1 saturated carbocycles. The summed E-state index contributed by atoms with van der Waals surface area (Å²) < 4.78 is 46.0. The molecule has 2 heterocycles. The largest absolute Gasteiger partial charge is 0.497 e. The van der Waals surface area contributed by atoms with Crippen molar-refractivity contribution in [2.24, 2.45) is 0 Å². The van der Waals surface area contributed by atoms with E-state index in [4.69, 9.17) is 14.2 Å². The number of anilines is 1. The summed E-state index contributed by atoms with van der Waals surface area (Å²) in [7, 11) is -2.35. The highest BCUT2D eigenvalue weighted by atomic mass is 32.2. The Kier molecular flexibility index (Phi) is 7.60. The number of hydrogen-bond donors (Lipinski definition) is 3. The third-order valence-electron chi connectivity index (χ3n) is 7.49. The predicted molar refractivity (Wildman–Crippen MR) is 137 cm³/mol. The van der Waals surface area contributed by atoms with Gasteiger partial charge < -0.3 is 24.6 Å². The fraction of sp³-hybridized carbons (Fsp3) is 0.519. The highest BCUT2D eigenvalue weighted by molar-refractivity contribution is 7.92. The summed E-state index contributed by atoms with van der Waals surface area (Å²) in [6, 6.07) is 11.6. The molecule has 1 saturated heterocycles. The first-order valence-corrected chi connectivity index (χ1v) is 14.4. The second-order valence-corrected chi connectivity index (χ2v) is 11.7. The Labute approximate surface area is 217 Å². The molecule has 1 aliphatic carbocycles. The molecule has 10 heteroatoms. The number of ether oxygens (including phenoxy) is 3. The van der Waals surface area contributed by atoms with Crippen molar-refractivity contribution in [2.75, 3.05) is 18.4 Å². The van der Waals surface area contributed by atoms with Crippen LogP contribution in [0.5, 0.6) is 11.5 Å². The summed E-state index contributed by atoms with van der Waals surface area (Å²) in [6.45, 7) is -0.231. The molecule has 0 bridgehead atoms. The van der Waals surface area contributed by atoms with Gasteiger partial charge in [0.1, 0.15) is 23.7 Å². The van der Waals surface area contributed by atoms with Crippen molar-refractivity contribution in [3.8, 4) is 11.5 Å². The summed E-state index contributed by atoms with van der Waals surface area (Å²) in [5, 5.41) is 13.1. The Bertz CT molecular complexity index is 1230. The van der Waals surface area contributed by atoms with Gasteiger partial charge in [-0.15, -0.1) is 0 Å². The zero-order chi connectivity index (χ0) is 26.0. The van der Waals surface area contributed by atoms with Gasteiger partial charge in [0.25, 0.3) is 10.0 Å². The van der Waals surface area contributed by atoms with Crippen molar-refractivity contribution < 1.29 is 32.5 Å². The lowest BCUT2D eigenvalue weighted by Crippen LogP contribution is -2.48. The zero-order valence-corrected chi connectivity index (χ0v) is 21.7. The molecule has 0 unspecified atom stereocenters. The van der Waals surface area contributed by atoms with Crippen LogP contribution in [0.4, 0.5) is 5.69 Å². The van der Waals surface area contributed by atoms with Gasteiger partial charge in [-0.2, -0.15) is 0 Å². The number of fused-ring (bicyclic) bond motifs is 3. The van der Waals surface area contributed by atoms with Gasteiger partial charge in [0.05, 0.1) is 31.1 Å². The van der Waals surface area contributed by atoms with E-state index in [-0.39, 0.29) is 41.9 Å². The van der Waals surface area contributed by atoms with Crippen LogP contribution in [-0.2, 0) is 19.6 Å². The maximum Gasteiger partial charge on any atom is 0.262 e. The molecule has 200 valence electrons. The van der Waals surface area contributed by atoms with E-state index in [2.05, 4.69) is 10.0 Å². The van der Waals surface area contributed by atoms with E-state index < -0.39 is 22.2 Å². The first-order chi connectivity index (χ1) is 17.9. The summed E-state index contributed by atoms with van der Waals surface area (Å²) >= 11 is 0. The summed E-state index contributed by atoms with van der Waals surface area (Å²) in [6.07, 6.45) is 4.93. The van der Waals surface area contributed by atoms with E-state index in [9.17, 15) is 18.3 Å². The predicted octanol–water partition coefficient (Wildman–Crippen LogP) is 3.33. The minimum Gasteiger partial charge on any atom is -0.497 e. The lowest BCUT2D eigenvalue weighted by Gasteiger charge is -2.37. The van der Waals surface area contributed by atoms with Gasteiger partial charge in [0.15, 0.2) is 0 Å². The van der Waals surface area contributed by atoms with Gasteiger partial charge in [-0.25, -0.2) is 8.42 Å². The van der Waals surface area contributed by atoms with Crippen LogP contribution in [-0.4, -0.2) is 57.5 Å². The third kappa shape index (κ3) is 5.71. The van der Waals surface area contributed by atoms with E-state index in [1.165, 1.54) is 25.7 Å². The number of carbonyl (C=O) groups is 1. The van der Waals surface area contributed by atoms with Crippen LogP contribution in [0, 0.1) is 0 Å². The molecule has 2 aromatic carbocycles. The molecule has 4 atom stereocenters. The number of rotatable bonds is 8. The summed E-state index contributed by atoms with van der Waals surface area (Å²) in [5.74, 6) is 0.915. The Morgan fingerprint density at radius 3 is 2.70 bits per heavy atom. The average Bonchev–Trinajstić information content (AvgIpc) is 3.26. The molecule has 37 heavy (non-hydrogen) atoms. The molecule has 2 aliphatic heterocycles. The lowest BCUT2D eigenvalue weighted by atomic mass is 9.84. The second kappa shape index (κ2) is 10.9. The van der Waals surface area contributed by atoms with Crippen molar-refractivity contribution in [2.45, 2.75) is 80.1 Å². The zero-order valence-electron chi connectivity index (χ0n) is 20.9. The fourth-order valence-corrected chi connectivity index (χ4v) is 6.76. The number of methoxy groups -OCH3 is 1. The smallest absolute Gasteiger partial charge is 0.262 e. The fourth-order valence-electron chi connectivity index (χ4n) is 5.68. The van der Waals surface area contributed by atoms with Crippen LogP contribution in [0.15, 0.2) is 47.4 Å². The van der Waals surface area contributed by atoms with Crippen LogP contribution in [0.1, 0.15) is 56.4 Å². The van der Waals surface area contributed by atoms with Crippen LogP contribution >= 0.6 is 0 Å². The maximum absolute atomic E-state index is 13.0. The van der Waals surface area contributed by atoms with Crippen LogP contribution in [0.25, 0.3) is 0 Å². The van der Waals surface area contributed by atoms with E-state index >= 15 is 0 Å². The van der Waals surface area contributed by atoms with E-state index in [1.54, 1.807) is 30.3 Å². The van der Waals surface area contributed by atoms with E-state index in [0.717, 1.165) is 31.2 Å². The van der Waals surface area contributed by atoms with Crippen LogP contribution in [0.3, 0.4) is 0 Å². The van der Waals surface area contributed by atoms with E-state index in [0.29, 0.717) is 23.6 Å². The molecule has 2 aromatic rings. The van der Waals surface area contributed by atoms with Crippen molar-refractivity contribution in [3.63, 3.8) is 0 Å². The Balaban J connectivity index is 1.31. The molecule has 5 rings (SSSR count). The Hall–Kier alpha value is -2.82. The number of sulfonamides is 1. The maximum atomic E-state index is 13.0. The quantitative estimate of drug-likeness (QED) is 0.478. The number of amides is 1. The van der Waals surface area contributed by atoms with Crippen molar-refractivity contribution in [1.29, 1.82) is 0 Å². The molecule has 0 radical (unpaired) electrons. The topological polar surface area (TPSA) is 123 Å².